The van der Waals surface area contributed by atoms with Gasteiger partial charge in [0.25, 0.3) is 0 Å². The predicted molar refractivity (Wildman–Crippen MR) is 156 cm³/mol. The summed E-state index contributed by atoms with van der Waals surface area (Å²) in [6.45, 7) is 10.2. The Labute approximate surface area is 243 Å². The molecule has 222 valence electrons. The van der Waals surface area contributed by atoms with E-state index >= 15 is 0 Å². The van der Waals surface area contributed by atoms with Crippen LogP contribution in [0.5, 0.6) is 17.2 Å². The second-order valence-electron chi connectivity index (χ2n) is 11.1. The van der Waals surface area contributed by atoms with Crippen molar-refractivity contribution in [2.24, 2.45) is 11.8 Å². The maximum absolute atomic E-state index is 13.6. The van der Waals surface area contributed by atoms with Crippen molar-refractivity contribution in [3.63, 3.8) is 0 Å². The van der Waals surface area contributed by atoms with Gasteiger partial charge in [-0.3, -0.25) is 0 Å². The topological polar surface area (TPSA) is 81.7 Å². The Balaban J connectivity index is 1.71. The summed E-state index contributed by atoms with van der Waals surface area (Å²) in [4.78, 5) is 13.6. The fourth-order valence-electron chi connectivity index (χ4n) is 4.94. The fourth-order valence-corrected chi connectivity index (χ4v) is 4.94. The highest BCUT2D eigenvalue weighted by atomic mass is 16.8. The summed E-state index contributed by atoms with van der Waals surface area (Å²) in [6, 6.07) is 11.2. The molecule has 0 aromatic heterocycles. The molecular formula is C33H42O8. The number of cyclic esters (lactones) is 1. The fraction of sp³-hybridized carbons (Fsp3) is 0.485. The Morgan fingerprint density at radius 2 is 1.66 bits per heavy atom. The van der Waals surface area contributed by atoms with Gasteiger partial charge in [-0.15, -0.1) is 0 Å². The van der Waals surface area contributed by atoms with E-state index in [1.165, 1.54) is 7.11 Å². The van der Waals surface area contributed by atoms with Gasteiger partial charge in [-0.1, -0.05) is 50.3 Å². The average Bonchev–Trinajstić information content (AvgIpc) is 3.27. The van der Waals surface area contributed by atoms with E-state index in [9.17, 15) is 4.79 Å². The highest BCUT2D eigenvalue weighted by Gasteiger charge is 2.42. The van der Waals surface area contributed by atoms with Crippen LogP contribution in [0.2, 0.25) is 0 Å². The third kappa shape index (κ3) is 7.91. The molecule has 41 heavy (non-hydrogen) atoms. The summed E-state index contributed by atoms with van der Waals surface area (Å²) in [5.74, 6) is 0.569. The van der Waals surface area contributed by atoms with Gasteiger partial charge in [-0.05, 0) is 56.5 Å². The van der Waals surface area contributed by atoms with Crippen molar-refractivity contribution >= 4 is 12.0 Å². The molecule has 8 heteroatoms. The van der Waals surface area contributed by atoms with E-state index in [0.717, 1.165) is 11.3 Å². The summed E-state index contributed by atoms with van der Waals surface area (Å²) in [5.41, 5.74) is 1.89. The smallest absolute Gasteiger partial charge is 0.342 e. The number of rotatable bonds is 7. The van der Waals surface area contributed by atoms with Crippen molar-refractivity contribution in [1.29, 1.82) is 0 Å². The van der Waals surface area contributed by atoms with Crippen LogP contribution in [-0.2, 0) is 25.6 Å². The van der Waals surface area contributed by atoms with Gasteiger partial charge in [0.1, 0.15) is 35.5 Å². The number of ether oxygens (including phenoxy) is 7. The van der Waals surface area contributed by atoms with E-state index in [1.54, 1.807) is 13.2 Å². The molecule has 5 atom stereocenters. The molecule has 1 unspecified atom stereocenters. The first-order valence-electron chi connectivity index (χ1n) is 14.1. The van der Waals surface area contributed by atoms with Crippen molar-refractivity contribution in [2.75, 3.05) is 21.0 Å². The summed E-state index contributed by atoms with van der Waals surface area (Å²) >= 11 is 0. The molecule has 1 fully saturated rings. The third-order valence-electron chi connectivity index (χ3n) is 7.36. The van der Waals surface area contributed by atoms with Gasteiger partial charge in [0.2, 0.25) is 0 Å². The summed E-state index contributed by atoms with van der Waals surface area (Å²) in [5, 5.41) is 0. The first-order chi connectivity index (χ1) is 19.6. The quantitative estimate of drug-likeness (QED) is 0.212. The molecule has 1 saturated heterocycles. The average molecular weight is 567 g/mol. The molecule has 0 N–H and O–H groups in total. The van der Waals surface area contributed by atoms with Crippen molar-refractivity contribution in [3.8, 4) is 17.2 Å². The second kappa shape index (κ2) is 13.6. The Kier molecular flexibility index (Phi) is 10.1. The minimum absolute atomic E-state index is 0.0208. The van der Waals surface area contributed by atoms with Gasteiger partial charge < -0.3 is 33.2 Å². The minimum atomic E-state index is -0.682. The van der Waals surface area contributed by atoms with Crippen LogP contribution in [0.4, 0.5) is 0 Å². The van der Waals surface area contributed by atoms with Gasteiger partial charge in [0.15, 0.2) is 12.6 Å². The highest BCUT2D eigenvalue weighted by molar-refractivity contribution is 5.97. The number of hydrogen-bond donors (Lipinski definition) is 0. The van der Waals surface area contributed by atoms with Crippen LogP contribution < -0.4 is 14.2 Å². The standard InChI is InChI=1S/C33H42O8/c1-21-11-12-22(2)31-28(40-33(4,5)41-31)10-8-9-25-17-27(37-19-24-13-15-26(36-7)16-14-24)18-29(38-20-35-6)30(25)32(34)39-23(21)3/h8-9,11-18,21-23,28,31H,10,19-20H2,1-7H3/b9-8+,12-11-/t21-,22-,23+,28+,31?/m1/s1. The maximum Gasteiger partial charge on any atom is 0.342 e. The van der Waals surface area contributed by atoms with E-state index in [0.29, 0.717) is 35.7 Å². The minimum Gasteiger partial charge on any atom is -0.497 e. The van der Waals surface area contributed by atoms with Crippen LogP contribution in [0.25, 0.3) is 6.08 Å². The van der Waals surface area contributed by atoms with Crippen LogP contribution >= 0.6 is 0 Å². The van der Waals surface area contributed by atoms with Crippen molar-refractivity contribution in [2.45, 2.75) is 71.7 Å². The lowest BCUT2D eigenvalue weighted by Crippen LogP contribution is -2.29. The Bertz CT molecular complexity index is 1230. The monoisotopic (exact) mass is 566 g/mol. The van der Waals surface area contributed by atoms with Gasteiger partial charge in [-0.2, -0.15) is 0 Å². The Morgan fingerprint density at radius 3 is 2.37 bits per heavy atom. The van der Waals surface area contributed by atoms with Crippen LogP contribution in [0.3, 0.4) is 0 Å². The first-order valence-corrected chi connectivity index (χ1v) is 14.1. The lowest BCUT2D eigenvalue weighted by Gasteiger charge is -2.23. The Morgan fingerprint density at radius 1 is 0.927 bits per heavy atom. The molecule has 2 aromatic carbocycles. The molecule has 0 spiro atoms. The number of esters is 1. The zero-order valence-corrected chi connectivity index (χ0v) is 25.0. The SMILES string of the molecule is COCOc1cc(OCc2ccc(OC)cc2)cc2c1C(=O)O[C@@H](C)[C@H](C)/C=C\[C@@H](C)C1OC(C)(C)O[C@H]1C/C=C/2. The summed E-state index contributed by atoms with van der Waals surface area (Å²) in [6.07, 6.45) is 8.05. The van der Waals surface area contributed by atoms with E-state index in [2.05, 4.69) is 19.1 Å². The van der Waals surface area contributed by atoms with Crippen molar-refractivity contribution in [3.05, 3.63) is 71.3 Å². The summed E-state index contributed by atoms with van der Waals surface area (Å²) in [7, 11) is 3.16. The first kappa shape index (κ1) is 30.6. The molecule has 2 aromatic rings. The lowest BCUT2D eigenvalue weighted by molar-refractivity contribution is -0.148. The molecule has 2 heterocycles. The zero-order chi connectivity index (χ0) is 29.6. The number of hydrogen-bond acceptors (Lipinski definition) is 8. The third-order valence-corrected chi connectivity index (χ3v) is 7.36. The van der Waals surface area contributed by atoms with Gasteiger partial charge in [0.05, 0.1) is 19.3 Å². The van der Waals surface area contributed by atoms with Gasteiger partial charge in [0, 0.05) is 25.0 Å². The molecular weight excluding hydrogens is 524 g/mol. The molecule has 2 aliphatic heterocycles. The van der Waals surface area contributed by atoms with Crippen molar-refractivity contribution in [1.82, 2.24) is 0 Å². The number of benzene rings is 2. The highest BCUT2D eigenvalue weighted by Crippen LogP contribution is 2.36. The molecule has 0 aliphatic carbocycles. The number of carbonyl (C=O) groups excluding carboxylic acids is 1. The zero-order valence-electron chi connectivity index (χ0n) is 25.0. The number of fused-ring (bicyclic) bond motifs is 2. The van der Waals surface area contributed by atoms with E-state index in [1.807, 2.05) is 70.2 Å². The van der Waals surface area contributed by atoms with Crippen LogP contribution in [0, 0.1) is 11.8 Å². The Hall–Kier alpha value is -3.33. The van der Waals surface area contributed by atoms with E-state index in [4.69, 9.17) is 33.2 Å². The van der Waals surface area contributed by atoms with Crippen LogP contribution in [0.15, 0.2) is 54.6 Å². The number of carbonyl (C=O) groups is 1. The molecule has 0 bridgehead atoms. The lowest BCUT2D eigenvalue weighted by atomic mass is 9.94. The molecule has 2 aliphatic rings. The van der Waals surface area contributed by atoms with E-state index < -0.39 is 11.8 Å². The molecule has 8 nitrogen and oxygen atoms in total. The molecule has 0 amide bonds. The van der Waals surface area contributed by atoms with Crippen LogP contribution in [-0.4, -0.2) is 51.1 Å². The van der Waals surface area contributed by atoms with Crippen LogP contribution in [0.1, 0.15) is 62.5 Å². The molecule has 4 rings (SSSR count). The normalized spacial score (nSPS) is 27.5. The molecule has 0 radical (unpaired) electrons. The number of methoxy groups -OCH3 is 2. The largest absolute Gasteiger partial charge is 0.497 e. The maximum atomic E-state index is 13.6. The predicted octanol–water partition coefficient (Wildman–Crippen LogP) is 6.57. The van der Waals surface area contributed by atoms with Crippen molar-refractivity contribution < 1.29 is 38.0 Å². The van der Waals surface area contributed by atoms with E-state index in [-0.39, 0.29) is 36.9 Å². The second-order valence-corrected chi connectivity index (χ2v) is 11.1. The molecule has 0 saturated carbocycles. The van der Waals surface area contributed by atoms with Gasteiger partial charge >= 0.3 is 5.97 Å². The summed E-state index contributed by atoms with van der Waals surface area (Å²) < 4.78 is 40.9. The van der Waals surface area contributed by atoms with Gasteiger partial charge in [-0.25, -0.2) is 4.79 Å².